The van der Waals surface area contributed by atoms with Crippen molar-refractivity contribution in [3.8, 4) is 5.69 Å². The first-order valence-corrected chi connectivity index (χ1v) is 10.4. The molecular formula is C23H25Cl2FN4O. The van der Waals surface area contributed by atoms with Crippen molar-refractivity contribution in [2.45, 2.75) is 32.6 Å². The molecule has 1 aliphatic heterocycles. The largest absolute Gasteiger partial charge is 0.322 e. The van der Waals surface area contributed by atoms with E-state index >= 15 is 0 Å². The van der Waals surface area contributed by atoms with Crippen LogP contribution in [0.4, 0.5) is 10.1 Å². The van der Waals surface area contributed by atoms with Crippen molar-refractivity contribution in [1.29, 1.82) is 0 Å². The normalized spacial score (nSPS) is 14.2. The Morgan fingerprint density at radius 2 is 1.90 bits per heavy atom. The number of halogens is 3. The fourth-order valence-corrected chi connectivity index (χ4v) is 4.04. The van der Waals surface area contributed by atoms with E-state index in [0.717, 1.165) is 37.3 Å². The van der Waals surface area contributed by atoms with Gasteiger partial charge in [-0.3, -0.25) is 4.79 Å². The van der Waals surface area contributed by atoms with E-state index in [1.54, 1.807) is 6.20 Å². The van der Waals surface area contributed by atoms with Crippen LogP contribution in [0.25, 0.3) is 5.69 Å². The summed E-state index contributed by atoms with van der Waals surface area (Å²) >= 11 is 5.86. The van der Waals surface area contributed by atoms with E-state index in [1.807, 2.05) is 10.7 Å². The van der Waals surface area contributed by atoms with Gasteiger partial charge in [0.1, 0.15) is 5.82 Å². The van der Waals surface area contributed by atoms with Crippen LogP contribution in [0, 0.1) is 19.7 Å². The minimum Gasteiger partial charge on any atom is -0.322 e. The Balaban J connectivity index is 0.00000272. The summed E-state index contributed by atoms with van der Waals surface area (Å²) in [4.78, 5) is 13.1. The summed E-state index contributed by atoms with van der Waals surface area (Å²) in [5, 5.41) is 10.7. The minimum absolute atomic E-state index is 0. The molecule has 2 heterocycles. The van der Waals surface area contributed by atoms with Crippen LogP contribution >= 0.6 is 24.0 Å². The van der Waals surface area contributed by atoms with Crippen molar-refractivity contribution in [1.82, 2.24) is 15.1 Å². The molecule has 0 aliphatic carbocycles. The van der Waals surface area contributed by atoms with E-state index in [9.17, 15) is 9.18 Å². The molecule has 5 nitrogen and oxygen atoms in total. The molecule has 0 atom stereocenters. The van der Waals surface area contributed by atoms with Crippen molar-refractivity contribution in [2.75, 3.05) is 18.4 Å². The third-order valence-corrected chi connectivity index (χ3v) is 5.98. The molecular weight excluding hydrogens is 438 g/mol. The molecule has 3 aromatic rings. The van der Waals surface area contributed by atoms with E-state index in [0.29, 0.717) is 11.3 Å². The summed E-state index contributed by atoms with van der Waals surface area (Å²) in [7, 11) is 0. The number of rotatable bonds is 4. The predicted molar refractivity (Wildman–Crippen MR) is 124 cm³/mol. The lowest BCUT2D eigenvalue weighted by Gasteiger charge is -2.25. The molecule has 0 bridgehead atoms. The quantitative estimate of drug-likeness (QED) is 0.543. The smallest absolute Gasteiger partial charge is 0.259 e. The van der Waals surface area contributed by atoms with Crippen molar-refractivity contribution in [3.63, 3.8) is 0 Å². The van der Waals surface area contributed by atoms with Crippen LogP contribution < -0.4 is 10.6 Å². The topological polar surface area (TPSA) is 59.0 Å². The van der Waals surface area contributed by atoms with Crippen molar-refractivity contribution in [2.24, 2.45) is 0 Å². The summed E-state index contributed by atoms with van der Waals surface area (Å²) in [5.74, 6) is -0.582. The van der Waals surface area contributed by atoms with Crippen LogP contribution in [-0.2, 0) is 0 Å². The fourth-order valence-electron chi connectivity index (χ4n) is 3.86. The van der Waals surface area contributed by atoms with Crippen LogP contribution in [0.5, 0.6) is 0 Å². The lowest BCUT2D eigenvalue weighted by atomic mass is 9.91. The third kappa shape index (κ3) is 4.92. The Morgan fingerprint density at radius 3 is 2.58 bits per heavy atom. The maximum Gasteiger partial charge on any atom is 0.259 e. The first-order valence-electron chi connectivity index (χ1n) is 10.1. The molecule has 0 saturated carbocycles. The maximum atomic E-state index is 13.5. The molecule has 1 aliphatic rings. The zero-order valence-electron chi connectivity index (χ0n) is 17.4. The third-order valence-electron chi connectivity index (χ3n) is 5.69. The van der Waals surface area contributed by atoms with Gasteiger partial charge < -0.3 is 10.6 Å². The number of amides is 1. The lowest BCUT2D eigenvalue weighted by Crippen LogP contribution is -2.29. The number of aryl methyl sites for hydroxylation is 2. The summed E-state index contributed by atoms with van der Waals surface area (Å²) in [6.07, 6.45) is 3.48. The summed E-state index contributed by atoms with van der Waals surface area (Å²) in [5.41, 5.74) is 5.20. The molecule has 2 aromatic carbocycles. The van der Waals surface area contributed by atoms with Gasteiger partial charge in [-0.2, -0.15) is 5.10 Å². The molecule has 164 valence electrons. The Kier molecular flexibility index (Phi) is 7.36. The Morgan fingerprint density at radius 1 is 1.16 bits per heavy atom. The molecule has 2 N–H and O–H groups in total. The molecule has 4 rings (SSSR count). The summed E-state index contributed by atoms with van der Waals surface area (Å²) in [6.45, 7) is 5.94. The second-order valence-corrected chi connectivity index (χ2v) is 8.14. The summed E-state index contributed by atoms with van der Waals surface area (Å²) in [6, 6.07) is 10.3. The molecule has 0 radical (unpaired) electrons. The van der Waals surface area contributed by atoms with Crippen molar-refractivity contribution < 1.29 is 9.18 Å². The maximum absolute atomic E-state index is 13.5. The zero-order chi connectivity index (χ0) is 21.3. The van der Waals surface area contributed by atoms with E-state index in [2.05, 4.69) is 41.7 Å². The van der Waals surface area contributed by atoms with Gasteiger partial charge in [-0.15, -0.1) is 12.4 Å². The number of carbonyl (C=O) groups is 1. The Hall–Kier alpha value is -2.41. The number of hydrogen-bond donors (Lipinski definition) is 2. The average Bonchev–Trinajstić information content (AvgIpc) is 3.19. The molecule has 1 aromatic heterocycles. The zero-order valence-corrected chi connectivity index (χ0v) is 19.0. The van der Waals surface area contributed by atoms with Crippen LogP contribution in [0.1, 0.15) is 45.9 Å². The van der Waals surface area contributed by atoms with Gasteiger partial charge in [-0.05, 0) is 81.2 Å². The predicted octanol–water partition coefficient (Wildman–Crippen LogP) is 5.42. The number of nitrogens with one attached hydrogen (secondary N) is 2. The molecule has 1 saturated heterocycles. The number of hydrogen-bond acceptors (Lipinski definition) is 3. The molecule has 31 heavy (non-hydrogen) atoms. The molecule has 0 spiro atoms. The highest BCUT2D eigenvalue weighted by Crippen LogP contribution is 2.31. The van der Waals surface area contributed by atoms with Crippen molar-refractivity contribution in [3.05, 3.63) is 75.8 Å². The molecule has 0 unspecified atom stereocenters. The molecule has 8 heteroatoms. The van der Waals surface area contributed by atoms with Gasteiger partial charge >= 0.3 is 0 Å². The highest BCUT2D eigenvalue weighted by molar-refractivity contribution is 6.31. The van der Waals surface area contributed by atoms with Gasteiger partial charge in [-0.1, -0.05) is 17.7 Å². The average molecular weight is 463 g/mol. The van der Waals surface area contributed by atoms with E-state index < -0.39 is 5.82 Å². The number of carbonyl (C=O) groups excluding carboxylic acids is 1. The number of piperidine rings is 1. The minimum atomic E-state index is -0.521. The van der Waals surface area contributed by atoms with Crippen LogP contribution in [0.15, 0.2) is 42.6 Å². The Labute approximate surface area is 192 Å². The van der Waals surface area contributed by atoms with Crippen LogP contribution in [0.3, 0.4) is 0 Å². The number of nitrogens with zero attached hydrogens (tertiary/aromatic N) is 2. The standard InChI is InChI=1S/C23H24ClFN4O.ClH/c1-14-3-5-18(11-15(14)2)29-22(16-7-9-26-10-8-16)19(13-27-29)23(30)28-17-4-6-21(25)20(24)12-17;/h3-6,11-13,16,26H,7-10H2,1-2H3,(H,28,30);1H. The van der Waals surface area contributed by atoms with E-state index in [1.165, 1.54) is 29.3 Å². The summed E-state index contributed by atoms with van der Waals surface area (Å²) < 4.78 is 15.3. The van der Waals surface area contributed by atoms with Gasteiger partial charge in [0, 0.05) is 11.6 Å². The molecule has 1 amide bonds. The number of aromatic nitrogens is 2. The van der Waals surface area contributed by atoms with Gasteiger partial charge in [0.15, 0.2) is 0 Å². The fraction of sp³-hybridized carbons (Fsp3) is 0.304. The van der Waals surface area contributed by atoms with Crippen LogP contribution in [0.2, 0.25) is 5.02 Å². The van der Waals surface area contributed by atoms with Gasteiger partial charge in [0.2, 0.25) is 0 Å². The first kappa shape index (κ1) is 23.3. The van der Waals surface area contributed by atoms with Gasteiger partial charge in [0.25, 0.3) is 5.91 Å². The highest BCUT2D eigenvalue weighted by Gasteiger charge is 2.27. The second-order valence-electron chi connectivity index (χ2n) is 7.73. The number of anilines is 1. The van der Waals surface area contributed by atoms with Crippen molar-refractivity contribution >= 4 is 35.6 Å². The van der Waals surface area contributed by atoms with E-state index in [-0.39, 0.29) is 29.3 Å². The lowest BCUT2D eigenvalue weighted by molar-refractivity contribution is 0.102. The Bertz CT molecular complexity index is 1090. The SMILES string of the molecule is Cc1ccc(-n2ncc(C(=O)Nc3ccc(F)c(Cl)c3)c2C2CCNCC2)cc1C.Cl. The molecule has 1 fully saturated rings. The number of benzene rings is 2. The second kappa shape index (κ2) is 9.81. The highest BCUT2D eigenvalue weighted by atomic mass is 35.5. The van der Waals surface area contributed by atoms with E-state index in [4.69, 9.17) is 11.6 Å². The van der Waals surface area contributed by atoms with Gasteiger partial charge in [-0.25, -0.2) is 9.07 Å². The van der Waals surface area contributed by atoms with Gasteiger partial charge in [0.05, 0.1) is 28.2 Å². The monoisotopic (exact) mass is 462 g/mol. The first-order chi connectivity index (χ1) is 14.4. The van der Waals surface area contributed by atoms with Crippen LogP contribution in [-0.4, -0.2) is 28.8 Å².